The van der Waals surface area contributed by atoms with Gasteiger partial charge in [0.2, 0.25) is 17.6 Å². The molecule has 202 valence electrons. The van der Waals surface area contributed by atoms with Gasteiger partial charge in [0, 0.05) is 19.5 Å². The standard InChI is InChI=1S/C27H28Cl2N2O7/c1-5-31-22(33)15-8-7-14-16(20(15)23(31)34)12-26(28)24(35)30(2)25(36)27(26,29)17(14)9-6-13-10-18(37-3)21(32)19(11-13)38-4/h6-7,9-11,15-17,20,32H,5,8,12H2,1-4H3. The molecule has 6 atom stereocenters. The van der Waals surface area contributed by atoms with E-state index < -0.39 is 45.2 Å². The highest BCUT2D eigenvalue weighted by atomic mass is 35.5. The Hall–Kier alpha value is -3.04. The Morgan fingerprint density at radius 1 is 1.05 bits per heavy atom. The molecule has 1 N–H and O–H groups in total. The zero-order valence-electron chi connectivity index (χ0n) is 21.4. The van der Waals surface area contributed by atoms with Crippen molar-refractivity contribution in [2.24, 2.45) is 23.7 Å². The summed E-state index contributed by atoms with van der Waals surface area (Å²) in [5.74, 6) is -4.21. The van der Waals surface area contributed by atoms with Gasteiger partial charge in [0.05, 0.1) is 26.1 Å². The maximum absolute atomic E-state index is 13.5. The summed E-state index contributed by atoms with van der Waals surface area (Å²) < 4.78 is 10.5. The third-order valence-electron chi connectivity index (χ3n) is 8.46. The fourth-order valence-electron chi connectivity index (χ4n) is 6.59. The molecule has 3 fully saturated rings. The van der Waals surface area contributed by atoms with Gasteiger partial charge in [-0.25, -0.2) is 0 Å². The lowest BCUT2D eigenvalue weighted by Crippen LogP contribution is -2.60. The largest absolute Gasteiger partial charge is 0.502 e. The molecule has 2 aliphatic carbocycles. The maximum Gasteiger partial charge on any atom is 0.253 e. The first kappa shape index (κ1) is 26.6. The minimum absolute atomic E-state index is 0.0399. The Bertz CT molecular complexity index is 1300. The summed E-state index contributed by atoms with van der Waals surface area (Å²) in [6, 6.07) is 3.17. The summed E-state index contributed by atoms with van der Waals surface area (Å²) in [6.45, 7) is 2.00. The van der Waals surface area contributed by atoms with Gasteiger partial charge in [-0.3, -0.25) is 29.0 Å². The summed E-state index contributed by atoms with van der Waals surface area (Å²) >= 11 is 14.1. The Morgan fingerprint density at radius 2 is 1.68 bits per heavy atom. The fourth-order valence-corrected chi connectivity index (χ4v) is 7.56. The highest BCUT2D eigenvalue weighted by molar-refractivity contribution is 6.53. The number of methoxy groups -OCH3 is 2. The van der Waals surface area contributed by atoms with Crippen LogP contribution < -0.4 is 9.47 Å². The van der Waals surface area contributed by atoms with E-state index in [2.05, 4.69) is 0 Å². The van der Waals surface area contributed by atoms with E-state index in [4.69, 9.17) is 32.7 Å². The lowest BCUT2D eigenvalue weighted by molar-refractivity contribution is -0.141. The van der Waals surface area contributed by atoms with Crippen molar-refractivity contribution in [1.29, 1.82) is 0 Å². The van der Waals surface area contributed by atoms with Crippen LogP contribution in [0, 0.1) is 23.7 Å². The van der Waals surface area contributed by atoms with Gasteiger partial charge < -0.3 is 14.6 Å². The quantitative estimate of drug-likeness (QED) is 0.333. The van der Waals surface area contributed by atoms with Crippen LogP contribution in [0.5, 0.6) is 17.2 Å². The lowest BCUT2D eigenvalue weighted by Gasteiger charge is -2.49. The Balaban J connectivity index is 1.65. The van der Waals surface area contributed by atoms with Gasteiger partial charge in [-0.15, -0.1) is 23.2 Å². The van der Waals surface area contributed by atoms with Crippen molar-refractivity contribution >= 4 is 52.9 Å². The molecule has 4 amide bonds. The highest BCUT2D eigenvalue weighted by Crippen LogP contribution is 2.63. The second-order valence-electron chi connectivity index (χ2n) is 10.1. The number of alkyl halides is 2. The smallest absolute Gasteiger partial charge is 0.253 e. The third kappa shape index (κ3) is 3.30. The Morgan fingerprint density at radius 3 is 2.26 bits per heavy atom. The number of carbonyl (C=O) groups is 4. The van der Waals surface area contributed by atoms with E-state index in [1.165, 1.54) is 26.2 Å². The van der Waals surface area contributed by atoms with Crippen LogP contribution >= 0.6 is 23.2 Å². The van der Waals surface area contributed by atoms with Gasteiger partial charge in [-0.2, -0.15) is 0 Å². The summed E-state index contributed by atoms with van der Waals surface area (Å²) in [5.41, 5.74) is 1.28. The third-order valence-corrected chi connectivity index (χ3v) is 9.89. The summed E-state index contributed by atoms with van der Waals surface area (Å²) in [6.07, 6.45) is 5.53. The number of likely N-dealkylation sites (tertiary alicyclic amines) is 2. The van der Waals surface area contributed by atoms with E-state index in [-0.39, 0.29) is 42.0 Å². The van der Waals surface area contributed by atoms with Crippen LogP contribution in [0.15, 0.2) is 29.9 Å². The number of hydrogen-bond donors (Lipinski definition) is 1. The van der Waals surface area contributed by atoms with Crippen LogP contribution in [-0.4, -0.2) is 76.1 Å². The predicted molar refractivity (Wildman–Crippen MR) is 139 cm³/mol. The average Bonchev–Trinajstić information content (AvgIpc) is 3.23. The number of phenols is 1. The molecule has 2 saturated heterocycles. The SMILES string of the molecule is CCN1C(=O)C2CC=C3C(CC4(Cl)C(=O)N(C)C(=O)C4(Cl)C3C=Cc3cc(OC)c(O)c(OC)c3)C2C1=O. The molecule has 1 aromatic carbocycles. The molecule has 0 radical (unpaired) electrons. The van der Waals surface area contributed by atoms with Gasteiger partial charge in [0.25, 0.3) is 11.8 Å². The Kier molecular flexibility index (Phi) is 6.30. The van der Waals surface area contributed by atoms with Crippen LogP contribution in [0.2, 0.25) is 0 Å². The van der Waals surface area contributed by atoms with Crippen LogP contribution in [0.25, 0.3) is 6.08 Å². The molecule has 6 unspecified atom stereocenters. The average molecular weight is 563 g/mol. The number of hydrogen-bond acceptors (Lipinski definition) is 7. The minimum atomic E-state index is -1.84. The van der Waals surface area contributed by atoms with Crippen LogP contribution in [0.4, 0.5) is 0 Å². The number of allylic oxidation sites excluding steroid dienone is 3. The molecule has 9 nitrogen and oxygen atoms in total. The Labute approximate surface area is 229 Å². The van der Waals surface area contributed by atoms with E-state index in [0.29, 0.717) is 17.6 Å². The molecule has 4 aliphatic rings. The second kappa shape index (κ2) is 9.02. The molecule has 38 heavy (non-hydrogen) atoms. The van der Waals surface area contributed by atoms with Gasteiger partial charge in [0.1, 0.15) is 0 Å². The zero-order chi connectivity index (χ0) is 27.7. The monoisotopic (exact) mass is 562 g/mol. The van der Waals surface area contributed by atoms with Crippen molar-refractivity contribution in [1.82, 2.24) is 9.80 Å². The number of fused-ring (bicyclic) bond motifs is 4. The van der Waals surface area contributed by atoms with E-state index in [1.54, 1.807) is 31.2 Å². The van der Waals surface area contributed by atoms with E-state index >= 15 is 0 Å². The molecule has 2 aliphatic heterocycles. The maximum atomic E-state index is 13.5. The molecule has 0 bridgehead atoms. The summed E-state index contributed by atoms with van der Waals surface area (Å²) in [4.78, 5) is 51.7. The van der Waals surface area contributed by atoms with Gasteiger partial charge in [-0.1, -0.05) is 23.8 Å². The second-order valence-corrected chi connectivity index (χ2v) is 11.3. The van der Waals surface area contributed by atoms with Crippen molar-refractivity contribution in [2.75, 3.05) is 27.8 Å². The fraction of sp³-hybridized carbons (Fsp3) is 0.481. The molecule has 5 rings (SSSR count). The number of carbonyl (C=O) groups excluding carboxylic acids is 4. The van der Waals surface area contributed by atoms with E-state index in [1.807, 2.05) is 6.08 Å². The number of amides is 4. The lowest BCUT2D eigenvalue weighted by atomic mass is 9.57. The van der Waals surface area contributed by atoms with Crippen molar-refractivity contribution in [3.05, 3.63) is 35.4 Å². The van der Waals surface area contributed by atoms with E-state index in [9.17, 15) is 24.3 Å². The van der Waals surface area contributed by atoms with Gasteiger partial charge in [-0.05, 0) is 43.4 Å². The molecule has 0 spiro atoms. The van der Waals surface area contributed by atoms with Crippen molar-refractivity contribution in [2.45, 2.75) is 29.5 Å². The number of rotatable bonds is 5. The van der Waals surface area contributed by atoms with Crippen LogP contribution in [0.1, 0.15) is 25.3 Å². The van der Waals surface area contributed by atoms with E-state index in [0.717, 1.165) is 4.90 Å². The van der Waals surface area contributed by atoms with Gasteiger partial charge in [0.15, 0.2) is 21.2 Å². The summed E-state index contributed by atoms with van der Waals surface area (Å²) in [7, 11) is 4.16. The predicted octanol–water partition coefficient (Wildman–Crippen LogP) is 2.96. The van der Waals surface area contributed by atoms with Crippen LogP contribution in [-0.2, 0) is 19.2 Å². The number of halogens is 2. The molecule has 2 heterocycles. The number of nitrogens with zero attached hydrogens (tertiary/aromatic N) is 2. The first-order chi connectivity index (χ1) is 18.0. The first-order valence-electron chi connectivity index (χ1n) is 12.3. The normalized spacial score (nSPS) is 34.4. The molecular weight excluding hydrogens is 535 g/mol. The number of phenolic OH excluding ortho intramolecular Hbond substituents is 1. The topological polar surface area (TPSA) is 113 Å². The molecule has 11 heteroatoms. The number of imide groups is 2. The van der Waals surface area contributed by atoms with Crippen molar-refractivity contribution in [3.8, 4) is 17.2 Å². The number of aromatic hydroxyl groups is 1. The van der Waals surface area contributed by atoms with Crippen molar-refractivity contribution < 1.29 is 33.8 Å². The molecular formula is C27H28Cl2N2O7. The summed E-state index contributed by atoms with van der Waals surface area (Å²) in [5, 5.41) is 10.3. The molecule has 1 aromatic rings. The highest BCUT2D eigenvalue weighted by Gasteiger charge is 2.75. The van der Waals surface area contributed by atoms with Gasteiger partial charge >= 0.3 is 0 Å². The minimum Gasteiger partial charge on any atom is -0.502 e. The molecule has 0 aromatic heterocycles. The number of benzene rings is 1. The molecule has 1 saturated carbocycles. The van der Waals surface area contributed by atoms with Crippen molar-refractivity contribution in [3.63, 3.8) is 0 Å². The zero-order valence-corrected chi connectivity index (χ0v) is 22.9. The van der Waals surface area contributed by atoms with Crippen LogP contribution in [0.3, 0.4) is 0 Å². The number of ether oxygens (including phenoxy) is 2. The first-order valence-corrected chi connectivity index (χ1v) is 13.1.